The van der Waals surface area contributed by atoms with Crippen LogP contribution in [0, 0.1) is 0 Å². The van der Waals surface area contributed by atoms with E-state index in [4.69, 9.17) is 0 Å². The molecular weight excluding hydrogens is 258 g/mol. The molecule has 3 aromatic rings. The Morgan fingerprint density at radius 1 is 1.00 bits per heavy atom. The van der Waals surface area contributed by atoms with E-state index < -0.39 is 0 Å². The average molecular weight is 279 g/mol. The lowest BCUT2D eigenvalue weighted by atomic mass is 10.1. The zero-order chi connectivity index (χ0) is 14.7. The van der Waals surface area contributed by atoms with Crippen LogP contribution in [0.1, 0.15) is 19.8 Å². The number of hydrogen-bond donors (Lipinski definition) is 1. The second-order valence-electron chi connectivity index (χ2n) is 5.51. The van der Waals surface area contributed by atoms with E-state index in [0.29, 0.717) is 6.54 Å². The minimum atomic E-state index is -0.298. The highest BCUT2D eigenvalue weighted by molar-refractivity contribution is 5.87. The first-order valence-electron chi connectivity index (χ1n) is 7.61. The molecule has 0 saturated heterocycles. The minimum Gasteiger partial charge on any atom is -0.391 e. The van der Waals surface area contributed by atoms with Gasteiger partial charge >= 0.3 is 0 Å². The van der Waals surface area contributed by atoms with Crippen LogP contribution in [0.4, 0.5) is 0 Å². The van der Waals surface area contributed by atoms with Gasteiger partial charge in [-0.2, -0.15) is 0 Å². The van der Waals surface area contributed by atoms with Crippen LogP contribution in [0.25, 0.3) is 22.2 Å². The van der Waals surface area contributed by atoms with Crippen LogP contribution in [0.5, 0.6) is 0 Å². The molecule has 108 valence electrons. The van der Waals surface area contributed by atoms with Crippen LogP contribution in [0.2, 0.25) is 0 Å². The van der Waals surface area contributed by atoms with Gasteiger partial charge < -0.3 is 9.67 Å². The topological polar surface area (TPSA) is 25.2 Å². The van der Waals surface area contributed by atoms with Crippen LogP contribution < -0.4 is 0 Å². The first kappa shape index (κ1) is 13.9. The van der Waals surface area contributed by atoms with Crippen molar-refractivity contribution in [3.05, 3.63) is 60.7 Å². The third kappa shape index (κ3) is 2.86. The number of benzene rings is 2. The molecule has 3 rings (SSSR count). The Morgan fingerprint density at radius 3 is 2.48 bits per heavy atom. The summed E-state index contributed by atoms with van der Waals surface area (Å²) in [6.45, 7) is 2.75. The molecule has 21 heavy (non-hydrogen) atoms. The summed E-state index contributed by atoms with van der Waals surface area (Å²) < 4.78 is 2.24. The van der Waals surface area contributed by atoms with Crippen molar-refractivity contribution in [3.8, 4) is 11.3 Å². The molecule has 0 aliphatic carbocycles. The fraction of sp³-hybridized carbons (Fsp3) is 0.263. The number of hydrogen-bond acceptors (Lipinski definition) is 1. The normalized spacial score (nSPS) is 12.7. The Balaban J connectivity index is 2.10. The molecule has 1 N–H and O–H groups in total. The van der Waals surface area contributed by atoms with Crippen molar-refractivity contribution in [2.24, 2.45) is 0 Å². The zero-order valence-electron chi connectivity index (χ0n) is 12.4. The molecule has 2 heteroatoms. The predicted octanol–water partition coefficient (Wildman–Crippen LogP) is 4.47. The molecule has 1 heterocycles. The minimum absolute atomic E-state index is 0.298. The van der Waals surface area contributed by atoms with Gasteiger partial charge in [-0.25, -0.2) is 0 Å². The van der Waals surface area contributed by atoms with Crippen molar-refractivity contribution >= 4 is 10.9 Å². The van der Waals surface area contributed by atoms with Gasteiger partial charge in [0, 0.05) is 23.1 Å². The van der Waals surface area contributed by atoms with E-state index in [9.17, 15) is 5.11 Å². The van der Waals surface area contributed by atoms with Gasteiger partial charge in [-0.05, 0) is 24.1 Å². The standard InChI is InChI=1S/C19H21NO/c1-2-8-17(21)14-20-18-12-7-6-11-16(18)13-19(20)15-9-4-3-5-10-15/h3-7,9-13,17,21H,2,8,14H2,1H3. The van der Waals surface area contributed by atoms with Gasteiger partial charge in [0.05, 0.1) is 6.10 Å². The lowest BCUT2D eigenvalue weighted by molar-refractivity contribution is 0.145. The maximum atomic E-state index is 10.2. The summed E-state index contributed by atoms with van der Waals surface area (Å²) in [5, 5.41) is 11.5. The smallest absolute Gasteiger partial charge is 0.0719 e. The number of fused-ring (bicyclic) bond motifs is 1. The SMILES string of the molecule is CCCC(O)Cn1c(-c2ccccc2)cc2ccccc21. The zero-order valence-corrected chi connectivity index (χ0v) is 12.4. The summed E-state index contributed by atoms with van der Waals surface area (Å²) in [6.07, 6.45) is 1.54. The summed E-state index contributed by atoms with van der Waals surface area (Å²) >= 11 is 0. The second-order valence-corrected chi connectivity index (χ2v) is 5.51. The monoisotopic (exact) mass is 279 g/mol. The van der Waals surface area contributed by atoms with Crippen LogP contribution in [0.3, 0.4) is 0 Å². The molecule has 1 atom stereocenters. The fourth-order valence-corrected chi connectivity index (χ4v) is 2.89. The van der Waals surface area contributed by atoms with Crippen molar-refractivity contribution in [2.75, 3.05) is 0 Å². The average Bonchev–Trinajstić information content (AvgIpc) is 2.87. The third-order valence-corrected chi connectivity index (χ3v) is 3.90. The fourth-order valence-electron chi connectivity index (χ4n) is 2.89. The highest BCUT2D eigenvalue weighted by atomic mass is 16.3. The van der Waals surface area contributed by atoms with E-state index in [1.54, 1.807) is 0 Å². The summed E-state index contributed by atoms with van der Waals surface area (Å²) in [5.74, 6) is 0. The Labute approximate surface area is 125 Å². The predicted molar refractivity (Wildman–Crippen MR) is 88.3 cm³/mol. The van der Waals surface area contributed by atoms with Gasteiger partial charge in [0.25, 0.3) is 0 Å². The molecule has 0 amide bonds. The maximum Gasteiger partial charge on any atom is 0.0719 e. The number of aliphatic hydroxyl groups excluding tert-OH is 1. The molecule has 0 radical (unpaired) electrons. The first-order chi connectivity index (χ1) is 10.3. The van der Waals surface area contributed by atoms with Crippen molar-refractivity contribution < 1.29 is 5.11 Å². The van der Waals surface area contributed by atoms with Crippen molar-refractivity contribution in [3.63, 3.8) is 0 Å². The van der Waals surface area contributed by atoms with E-state index in [1.807, 2.05) is 6.07 Å². The van der Waals surface area contributed by atoms with Crippen LogP contribution >= 0.6 is 0 Å². The quantitative estimate of drug-likeness (QED) is 0.732. The van der Waals surface area contributed by atoms with E-state index in [2.05, 4.69) is 66.1 Å². The van der Waals surface area contributed by atoms with E-state index in [-0.39, 0.29) is 6.10 Å². The number of aliphatic hydroxyl groups is 1. The van der Waals surface area contributed by atoms with Crippen LogP contribution in [-0.4, -0.2) is 15.8 Å². The Morgan fingerprint density at radius 2 is 1.71 bits per heavy atom. The van der Waals surface area contributed by atoms with Gasteiger partial charge in [-0.1, -0.05) is 61.9 Å². The molecule has 2 aromatic carbocycles. The number of aromatic nitrogens is 1. The molecule has 2 nitrogen and oxygen atoms in total. The highest BCUT2D eigenvalue weighted by Gasteiger charge is 2.13. The number of para-hydroxylation sites is 1. The Kier molecular flexibility index (Phi) is 4.07. The van der Waals surface area contributed by atoms with E-state index >= 15 is 0 Å². The molecule has 0 saturated carbocycles. The third-order valence-electron chi connectivity index (χ3n) is 3.90. The second kappa shape index (κ2) is 6.15. The first-order valence-corrected chi connectivity index (χ1v) is 7.61. The summed E-state index contributed by atoms with van der Waals surface area (Å²) in [7, 11) is 0. The van der Waals surface area contributed by atoms with Gasteiger partial charge in [0.2, 0.25) is 0 Å². The number of nitrogens with zero attached hydrogens (tertiary/aromatic N) is 1. The van der Waals surface area contributed by atoms with Gasteiger partial charge in [-0.3, -0.25) is 0 Å². The summed E-state index contributed by atoms with van der Waals surface area (Å²) in [5.41, 5.74) is 3.55. The van der Waals surface area contributed by atoms with Gasteiger partial charge in [0.1, 0.15) is 0 Å². The summed E-state index contributed by atoms with van der Waals surface area (Å²) in [6, 6.07) is 21.0. The lowest BCUT2D eigenvalue weighted by Gasteiger charge is -2.15. The van der Waals surface area contributed by atoms with E-state index in [1.165, 1.54) is 22.2 Å². The van der Waals surface area contributed by atoms with Gasteiger partial charge in [0.15, 0.2) is 0 Å². The largest absolute Gasteiger partial charge is 0.391 e. The molecule has 0 aliphatic heterocycles. The lowest BCUT2D eigenvalue weighted by Crippen LogP contribution is -2.16. The molecule has 0 spiro atoms. The van der Waals surface area contributed by atoms with Crippen molar-refractivity contribution in [1.29, 1.82) is 0 Å². The molecule has 1 unspecified atom stereocenters. The Bertz CT molecular complexity index is 715. The molecule has 0 aliphatic rings. The molecule has 0 fully saturated rings. The molecule has 0 bridgehead atoms. The van der Waals surface area contributed by atoms with Crippen LogP contribution in [-0.2, 0) is 6.54 Å². The van der Waals surface area contributed by atoms with E-state index in [0.717, 1.165) is 12.8 Å². The number of rotatable bonds is 5. The molecule has 1 aromatic heterocycles. The highest BCUT2D eigenvalue weighted by Crippen LogP contribution is 2.28. The Hall–Kier alpha value is -2.06. The van der Waals surface area contributed by atoms with Gasteiger partial charge in [-0.15, -0.1) is 0 Å². The van der Waals surface area contributed by atoms with Crippen LogP contribution in [0.15, 0.2) is 60.7 Å². The maximum absolute atomic E-state index is 10.2. The molecular formula is C19H21NO. The summed E-state index contributed by atoms with van der Waals surface area (Å²) in [4.78, 5) is 0. The van der Waals surface area contributed by atoms with Crippen molar-refractivity contribution in [2.45, 2.75) is 32.4 Å². The van der Waals surface area contributed by atoms with Crippen molar-refractivity contribution in [1.82, 2.24) is 4.57 Å².